The van der Waals surface area contributed by atoms with Crippen LogP contribution in [0.15, 0.2) is 18.2 Å². The number of nitrogens with zero attached hydrogens (tertiary/aromatic N) is 3. The quantitative estimate of drug-likeness (QED) is 0.911. The summed E-state index contributed by atoms with van der Waals surface area (Å²) >= 11 is 6.07. The molecule has 0 atom stereocenters. The predicted octanol–water partition coefficient (Wildman–Crippen LogP) is 2.05. The Hall–Kier alpha value is -1.43. The van der Waals surface area contributed by atoms with E-state index < -0.39 is 0 Å². The van der Waals surface area contributed by atoms with Gasteiger partial charge in [0.15, 0.2) is 11.6 Å². The molecule has 1 aromatic heterocycles. The molecule has 0 spiro atoms. The Morgan fingerprint density at radius 3 is 2.74 bits per heavy atom. The van der Waals surface area contributed by atoms with Crippen LogP contribution in [0.4, 0.5) is 0 Å². The van der Waals surface area contributed by atoms with Crippen LogP contribution in [-0.4, -0.2) is 33.6 Å². The monoisotopic (exact) mass is 281 g/mol. The van der Waals surface area contributed by atoms with Crippen LogP contribution in [-0.2, 0) is 17.9 Å². The highest BCUT2D eigenvalue weighted by atomic mass is 35.5. The van der Waals surface area contributed by atoms with Gasteiger partial charge in [0.25, 0.3) is 0 Å². The minimum Gasteiger partial charge on any atom is -0.388 e. The first kappa shape index (κ1) is 14.0. The zero-order valence-corrected chi connectivity index (χ0v) is 11.7. The molecule has 0 fully saturated rings. The zero-order chi connectivity index (χ0) is 13.8. The van der Waals surface area contributed by atoms with Gasteiger partial charge in [-0.2, -0.15) is 0 Å². The van der Waals surface area contributed by atoms with Gasteiger partial charge < -0.3 is 14.4 Å². The van der Waals surface area contributed by atoms with E-state index in [1.165, 1.54) is 0 Å². The average molecular weight is 282 g/mol. The number of hydrogen-bond donors (Lipinski definition) is 1. The van der Waals surface area contributed by atoms with E-state index >= 15 is 0 Å². The average Bonchev–Trinajstić information content (AvgIpc) is 2.77. The predicted molar refractivity (Wildman–Crippen MR) is 73.0 cm³/mol. The van der Waals surface area contributed by atoms with Crippen molar-refractivity contribution < 1.29 is 9.84 Å². The summed E-state index contributed by atoms with van der Waals surface area (Å²) in [5.41, 5.74) is 1.93. The van der Waals surface area contributed by atoms with Crippen molar-refractivity contribution in [2.75, 3.05) is 13.7 Å². The summed E-state index contributed by atoms with van der Waals surface area (Å²) in [6, 6.07) is 5.71. The van der Waals surface area contributed by atoms with Crippen LogP contribution in [0.1, 0.15) is 11.4 Å². The standard InChI is InChI=1S/C13H16ClN3O2/c1-9-5-10(7-11(14)6-9)13-16-15-12(8-18)17(13)3-4-19-2/h5-7,18H,3-4,8H2,1-2H3. The second-order valence-corrected chi connectivity index (χ2v) is 4.70. The fourth-order valence-corrected chi connectivity index (χ4v) is 2.24. The molecule has 1 heterocycles. The number of ether oxygens (including phenoxy) is 1. The second-order valence-electron chi connectivity index (χ2n) is 4.26. The molecule has 2 rings (SSSR count). The molecule has 0 saturated heterocycles. The maximum absolute atomic E-state index is 9.30. The summed E-state index contributed by atoms with van der Waals surface area (Å²) in [6.07, 6.45) is 0. The highest BCUT2D eigenvalue weighted by Gasteiger charge is 2.13. The lowest BCUT2D eigenvalue weighted by Crippen LogP contribution is -2.10. The molecular formula is C13H16ClN3O2. The number of halogens is 1. The minimum atomic E-state index is -0.156. The highest BCUT2D eigenvalue weighted by Crippen LogP contribution is 2.24. The molecule has 0 saturated carbocycles. The normalized spacial score (nSPS) is 10.9. The van der Waals surface area contributed by atoms with Gasteiger partial charge in [-0.25, -0.2) is 0 Å². The van der Waals surface area contributed by atoms with Crippen LogP contribution in [0.2, 0.25) is 5.02 Å². The summed E-state index contributed by atoms with van der Waals surface area (Å²) < 4.78 is 6.91. The number of aliphatic hydroxyl groups is 1. The Morgan fingerprint density at radius 2 is 2.11 bits per heavy atom. The van der Waals surface area contributed by atoms with Gasteiger partial charge in [0.2, 0.25) is 0 Å². The Balaban J connectivity index is 2.45. The summed E-state index contributed by atoms with van der Waals surface area (Å²) in [7, 11) is 1.63. The van der Waals surface area contributed by atoms with E-state index in [4.69, 9.17) is 16.3 Å². The molecule has 0 aliphatic carbocycles. The molecule has 0 amide bonds. The fraction of sp³-hybridized carbons (Fsp3) is 0.385. The summed E-state index contributed by atoms with van der Waals surface area (Å²) in [5, 5.41) is 18.1. The van der Waals surface area contributed by atoms with Gasteiger partial charge in [0.1, 0.15) is 6.61 Å². The van der Waals surface area contributed by atoms with Crippen molar-refractivity contribution in [2.24, 2.45) is 0 Å². The zero-order valence-electron chi connectivity index (χ0n) is 10.9. The molecule has 0 unspecified atom stereocenters. The Labute approximate surface area is 116 Å². The van der Waals surface area contributed by atoms with Gasteiger partial charge >= 0.3 is 0 Å². The molecule has 5 nitrogen and oxygen atoms in total. The molecule has 0 bridgehead atoms. The maximum Gasteiger partial charge on any atom is 0.164 e. The van der Waals surface area contributed by atoms with Crippen LogP contribution in [0.25, 0.3) is 11.4 Å². The smallest absolute Gasteiger partial charge is 0.164 e. The van der Waals surface area contributed by atoms with E-state index in [9.17, 15) is 5.11 Å². The van der Waals surface area contributed by atoms with Crippen molar-refractivity contribution in [1.29, 1.82) is 0 Å². The largest absolute Gasteiger partial charge is 0.388 e. The van der Waals surface area contributed by atoms with E-state index in [-0.39, 0.29) is 6.61 Å². The van der Waals surface area contributed by atoms with Crippen LogP contribution in [0.3, 0.4) is 0 Å². The van der Waals surface area contributed by atoms with Gasteiger partial charge in [-0.05, 0) is 30.7 Å². The first-order valence-electron chi connectivity index (χ1n) is 5.95. The topological polar surface area (TPSA) is 60.2 Å². The van der Waals surface area contributed by atoms with E-state index in [1.54, 1.807) is 7.11 Å². The molecule has 19 heavy (non-hydrogen) atoms. The van der Waals surface area contributed by atoms with Crippen LogP contribution in [0.5, 0.6) is 0 Å². The van der Waals surface area contributed by atoms with E-state index in [0.717, 1.165) is 11.1 Å². The number of aromatic nitrogens is 3. The van der Waals surface area contributed by atoms with E-state index in [0.29, 0.717) is 29.8 Å². The van der Waals surface area contributed by atoms with Crippen molar-refractivity contribution >= 4 is 11.6 Å². The van der Waals surface area contributed by atoms with Gasteiger partial charge in [-0.1, -0.05) is 11.6 Å². The number of aryl methyl sites for hydroxylation is 1. The SMILES string of the molecule is COCCn1c(CO)nnc1-c1cc(C)cc(Cl)c1. The lowest BCUT2D eigenvalue weighted by molar-refractivity contribution is 0.183. The first-order valence-corrected chi connectivity index (χ1v) is 6.33. The summed E-state index contributed by atoms with van der Waals surface area (Å²) in [5.74, 6) is 1.20. The van der Waals surface area contributed by atoms with Gasteiger partial charge in [0.05, 0.1) is 6.61 Å². The number of aliphatic hydroxyl groups excluding tert-OH is 1. The van der Waals surface area contributed by atoms with E-state index in [1.807, 2.05) is 29.7 Å². The van der Waals surface area contributed by atoms with Crippen molar-refractivity contribution in [1.82, 2.24) is 14.8 Å². The van der Waals surface area contributed by atoms with Crippen molar-refractivity contribution in [2.45, 2.75) is 20.1 Å². The van der Waals surface area contributed by atoms with Crippen LogP contribution in [0, 0.1) is 6.92 Å². The molecule has 0 radical (unpaired) electrons. The molecular weight excluding hydrogens is 266 g/mol. The molecule has 102 valence electrons. The Kier molecular flexibility index (Phi) is 4.52. The van der Waals surface area contributed by atoms with Crippen LogP contribution < -0.4 is 0 Å². The van der Waals surface area contributed by atoms with Crippen molar-refractivity contribution in [3.8, 4) is 11.4 Å². The molecule has 0 aliphatic rings. The van der Waals surface area contributed by atoms with Crippen molar-refractivity contribution in [3.05, 3.63) is 34.6 Å². The number of hydrogen-bond acceptors (Lipinski definition) is 4. The second kappa shape index (κ2) is 6.14. The lowest BCUT2D eigenvalue weighted by Gasteiger charge is -2.09. The molecule has 0 aliphatic heterocycles. The van der Waals surface area contributed by atoms with Gasteiger partial charge in [-0.15, -0.1) is 10.2 Å². The Morgan fingerprint density at radius 1 is 1.32 bits per heavy atom. The third-order valence-electron chi connectivity index (χ3n) is 2.79. The maximum atomic E-state index is 9.30. The van der Waals surface area contributed by atoms with E-state index in [2.05, 4.69) is 10.2 Å². The minimum absolute atomic E-state index is 0.156. The fourth-order valence-electron chi connectivity index (χ4n) is 1.95. The highest BCUT2D eigenvalue weighted by molar-refractivity contribution is 6.30. The van der Waals surface area contributed by atoms with Crippen LogP contribution >= 0.6 is 11.6 Å². The molecule has 1 aromatic carbocycles. The summed E-state index contributed by atoms with van der Waals surface area (Å²) in [4.78, 5) is 0. The first-order chi connectivity index (χ1) is 9.15. The van der Waals surface area contributed by atoms with Crippen molar-refractivity contribution in [3.63, 3.8) is 0 Å². The third kappa shape index (κ3) is 3.12. The lowest BCUT2D eigenvalue weighted by atomic mass is 10.1. The van der Waals surface area contributed by atoms with Gasteiger partial charge in [0, 0.05) is 24.2 Å². The third-order valence-corrected chi connectivity index (χ3v) is 3.01. The Bertz CT molecular complexity index is 549. The number of rotatable bonds is 5. The number of benzene rings is 1. The number of methoxy groups -OCH3 is 1. The molecule has 6 heteroatoms. The van der Waals surface area contributed by atoms with Gasteiger partial charge in [-0.3, -0.25) is 0 Å². The summed E-state index contributed by atoms with van der Waals surface area (Å²) in [6.45, 7) is 2.92. The molecule has 1 N–H and O–H groups in total. The molecule has 2 aromatic rings.